The molecule has 4 rings (SSSR count). The minimum Gasteiger partial charge on any atom is -0.331 e. The lowest BCUT2D eigenvalue weighted by Crippen LogP contribution is -2.19. The summed E-state index contributed by atoms with van der Waals surface area (Å²) in [5.74, 6) is 0. The zero-order valence-electron chi connectivity index (χ0n) is 13.3. The Morgan fingerprint density at radius 2 is 1.65 bits per heavy atom. The van der Waals surface area contributed by atoms with Gasteiger partial charge < -0.3 is 9.13 Å². The lowest BCUT2D eigenvalue weighted by atomic mass is 10.1. The van der Waals surface area contributed by atoms with Crippen molar-refractivity contribution in [3.8, 4) is 0 Å². The highest BCUT2D eigenvalue weighted by molar-refractivity contribution is 6.09. The fourth-order valence-corrected chi connectivity index (χ4v) is 3.44. The molecule has 0 fully saturated rings. The third-order valence-electron chi connectivity index (χ3n) is 4.46. The van der Waals surface area contributed by atoms with Crippen molar-refractivity contribution in [3.05, 3.63) is 82.3 Å². The van der Waals surface area contributed by atoms with Gasteiger partial charge in [-0.1, -0.05) is 48.5 Å². The molecular formula is C20H18N2O. The van der Waals surface area contributed by atoms with Gasteiger partial charge in [-0.25, -0.2) is 0 Å². The first-order valence-corrected chi connectivity index (χ1v) is 7.78. The molecule has 0 atom stereocenters. The first kappa shape index (κ1) is 13.8. The van der Waals surface area contributed by atoms with Gasteiger partial charge in [-0.2, -0.15) is 0 Å². The van der Waals surface area contributed by atoms with E-state index in [4.69, 9.17) is 0 Å². The standard InChI is InChI=1S/C20H18N2O/c1-14-12-21(2)20(23)19-18(14)16-10-6-7-11-17(16)22(19)13-15-8-4-3-5-9-15/h3-12H,13H2,1-2H3. The molecule has 23 heavy (non-hydrogen) atoms. The maximum Gasteiger partial charge on any atom is 0.274 e. The molecule has 2 heterocycles. The monoisotopic (exact) mass is 302 g/mol. The van der Waals surface area contributed by atoms with Gasteiger partial charge in [0.05, 0.1) is 0 Å². The normalized spacial score (nSPS) is 11.4. The molecule has 0 bridgehead atoms. The van der Waals surface area contributed by atoms with Gasteiger partial charge in [0.15, 0.2) is 0 Å². The van der Waals surface area contributed by atoms with Crippen molar-refractivity contribution in [3.63, 3.8) is 0 Å². The first-order chi connectivity index (χ1) is 11.2. The van der Waals surface area contributed by atoms with Gasteiger partial charge >= 0.3 is 0 Å². The molecule has 0 saturated carbocycles. The Hall–Kier alpha value is -2.81. The SMILES string of the molecule is Cc1cn(C)c(=O)c2c1c1ccccc1n2Cc1ccccc1. The zero-order valence-corrected chi connectivity index (χ0v) is 13.3. The van der Waals surface area contributed by atoms with E-state index in [9.17, 15) is 4.79 Å². The van der Waals surface area contributed by atoms with Gasteiger partial charge in [-0.3, -0.25) is 4.79 Å². The van der Waals surface area contributed by atoms with Crippen LogP contribution in [0.4, 0.5) is 0 Å². The van der Waals surface area contributed by atoms with Gasteiger partial charge in [0.1, 0.15) is 5.52 Å². The molecule has 0 aliphatic heterocycles. The lowest BCUT2D eigenvalue weighted by molar-refractivity contribution is 0.823. The molecule has 2 aromatic carbocycles. The summed E-state index contributed by atoms with van der Waals surface area (Å²) in [6.07, 6.45) is 1.92. The van der Waals surface area contributed by atoms with E-state index in [1.165, 1.54) is 5.56 Å². The van der Waals surface area contributed by atoms with Crippen molar-refractivity contribution in [2.24, 2.45) is 7.05 Å². The smallest absolute Gasteiger partial charge is 0.274 e. The lowest BCUT2D eigenvalue weighted by Gasteiger charge is -2.08. The first-order valence-electron chi connectivity index (χ1n) is 7.78. The van der Waals surface area contributed by atoms with Crippen LogP contribution in [0.25, 0.3) is 21.8 Å². The molecule has 4 aromatic rings. The number of nitrogens with zero attached hydrogens (tertiary/aromatic N) is 2. The van der Waals surface area contributed by atoms with Crippen molar-refractivity contribution in [2.45, 2.75) is 13.5 Å². The van der Waals surface area contributed by atoms with Gasteiger partial charge in [0, 0.05) is 36.1 Å². The largest absolute Gasteiger partial charge is 0.331 e. The van der Waals surface area contributed by atoms with Crippen molar-refractivity contribution >= 4 is 21.8 Å². The summed E-state index contributed by atoms with van der Waals surface area (Å²) in [6, 6.07) is 18.5. The fourth-order valence-electron chi connectivity index (χ4n) is 3.44. The van der Waals surface area contributed by atoms with Crippen molar-refractivity contribution < 1.29 is 0 Å². The van der Waals surface area contributed by atoms with E-state index < -0.39 is 0 Å². The fraction of sp³-hybridized carbons (Fsp3) is 0.150. The van der Waals surface area contributed by atoms with E-state index in [-0.39, 0.29) is 5.56 Å². The molecule has 2 aromatic heterocycles. The Bertz CT molecular complexity index is 1070. The number of fused-ring (bicyclic) bond motifs is 3. The Kier molecular flexibility index (Phi) is 3.08. The van der Waals surface area contributed by atoms with Crippen LogP contribution in [0, 0.1) is 6.92 Å². The second-order valence-corrected chi connectivity index (χ2v) is 6.04. The Morgan fingerprint density at radius 3 is 2.43 bits per heavy atom. The van der Waals surface area contributed by atoms with Crippen molar-refractivity contribution in [1.82, 2.24) is 9.13 Å². The molecule has 0 unspecified atom stereocenters. The minimum atomic E-state index is 0.0535. The van der Waals surface area contributed by atoms with Crippen LogP contribution in [-0.4, -0.2) is 9.13 Å². The van der Waals surface area contributed by atoms with Crippen molar-refractivity contribution in [1.29, 1.82) is 0 Å². The average Bonchev–Trinajstić information content (AvgIpc) is 2.89. The molecule has 0 N–H and O–H groups in total. The van der Waals surface area contributed by atoms with Gasteiger partial charge in [-0.05, 0) is 24.1 Å². The Morgan fingerprint density at radius 1 is 0.957 bits per heavy atom. The van der Waals surface area contributed by atoms with E-state index >= 15 is 0 Å². The molecule has 0 saturated heterocycles. The molecular weight excluding hydrogens is 284 g/mol. The highest BCUT2D eigenvalue weighted by atomic mass is 16.1. The van der Waals surface area contributed by atoms with E-state index in [2.05, 4.69) is 35.8 Å². The molecule has 0 radical (unpaired) electrons. The number of pyridine rings is 1. The van der Waals surface area contributed by atoms with E-state index in [0.29, 0.717) is 6.54 Å². The second kappa shape index (κ2) is 5.13. The highest BCUT2D eigenvalue weighted by Gasteiger charge is 2.16. The van der Waals surface area contributed by atoms with Crippen LogP contribution in [0.1, 0.15) is 11.1 Å². The number of benzene rings is 2. The van der Waals surface area contributed by atoms with Crippen LogP contribution in [0.3, 0.4) is 0 Å². The second-order valence-electron chi connectivity index (χ2n) is 6.04. The van der Waals surface area contributed by atoms with Crippen LogP contribution >= 0.6 is 0 Å². The third-order valence-corrected chi connectivity index (χ3v) is 4.46. The molecule has 114 valence electrons. The van der Waals surface area contributed by atoms with Crippen LogP contribution in [-0.2, 0) is 13.6 Å². The summed E-state index contributed by atoms with van der Waals surface area (Å²) in [5, 5.41) is 2.22. The van der Waals surface area contributed by atoms with Crippen LogP contribution in [0.15, 0.2) is 65.6 Å². The molecule has 0 aliphatic rings. The van der Waals surface area contributed by atoms with Gasteiger partial charge in [0.2, 0.25) is 0 Å². The Labute approximate surface area is 134 Å². The number of aromatic nitrogens is 2. The number of para-hydroxylation sites is 1. The molecule has 0 amide bonds. The quantitative estimate of drug-likeness (QED) is 0.552. The van der Waals surface area contributed by atoms with E-state index in [0.717, 1.165) is 27.4 Å². The number of hydrogen-bond donors (Lipinski definition) is 0. The predicted octanol–water partition coefficient (Wildman–Crippen LogP) is 3.85. The third kappa shape index (κ3) is 2.08. The summed E-state index contributed by atoms with van der Waals surface area (Å²) >= 11 is 0. The highest BCUT2D eigenvalue weighted by Crippen LogP contribution is 2.29. The predicted molar refractivity (Wildman–Crippen MR) is 95.0 cm³/mol. The van der Waals surface area contributed by atoms with Gasteiger partial charge in [0.25, 0.3) is 5.56 Å². The van der Waals surface area contributed by atoms with E-state index in [1.54, 1.807) is 4.57 Å². The Balaban J connectivity index is 2.14. The molecule has 3 nitrogen and oxygen atoms in total. The summed E-state index contributed by atoms with van der Waals surface area (Å²) in [6.45, 7) is 2.77. The summed E-state index contributed by atoms with van der Waals surface area (Å²) in [5.41, 5.74) is 4.27. The van der Waals surface area contributed by atoms with Crippen LogP contribution in [0.5, 0.6) is 0 Å². The number of rotatable bonds is 2. The molecule has 3 heteroatoms. The maximum absolute atomic E-state index is 12.8. The number of hydrogen-bond acceptors (Lipinski definition) is 1. The average molecular weight is 302 g/mol. The van der Waals surface area contributed by atoms with Gasteiger partial charge in [-0.15, -0.1) is 0 Å². The summed E-state index contributed by atoms with van der Waals surface area (Å²) in [4.78, 5) is 12.8. The zero-order chi connectivity index (χ0) is 16.0. The summed E-state index contributed by atoms with van der Waals surface area (Å²) in [7, 11) is 1.82. The van der Waals surface area contributed by atoms with E-state index in [1.807, 2.05) is 43.6 Å². The maximum atomic E-state index is 12.8. The van der Waals surface area contributed by atoms with Crippen LogP contribution in [0.2, 0.25) is 0 Å². The molecule has 0 spiro atoms. The van der Waals surface area contributed by atoms with Crippen LogP contribution < -0.4 is 5.56 Å². The van der Waals surface area contributed by atoms with Crippen molar-refractivity contribution in [2.75, 3.05) is 0 Å². The minimum absolute atomic E-state index is 0.0535. The molecule has 0 aliphatic carbocycles. The summed E-state index contributed by atoms with van der Waals surface area (Å²) < 4.78 is 3.83. The number of aryl methyl sites for hydroxylation is 2. The topological polar surface area (TPSA) is 26.9 Å².